The van der Waals surface area contributed by atoms with Crippen LogP contribution in [0.25, 0.3) is 0 Å². The molecule has 0 spiro atoms. The summed E-state index contributed by atoms with van der Waals surface area (Å²) in [6.07, 6.45) is 0.995. The van der Waals surface area contributed by atoms with Crippen LogP contribution in [0.15, 0.2) is 73.0 Å². The molecule has 3 amide bonds. The molecule has 220 valence electrons. The maximum atomic E-state index is 12.1. The molecular formula is C30H36N2O9. The Bertz CT molecular complexity index is 1170. The third-order valence-corrected chi connectivity index (χ3v) is 5.98. The molecule has 2 aliphatic heterocycles. The molecule has 2 atom stereocenters. The van der Waals surface area contributed by atoms with Crippen molar-refractivity contribution in [1.29, 1.82) is 0 Å². The van der Waals surface area contributed by atoms with Crippen molar-refractivity contribution in [2.45, 2.75) is 57.5 Å². The maximum absolute atomic E-state index is 12.1. The summed E-state index contributed by atoms with van der Waals surface area (Å²) in [6, 6.07) is 18.8. The van der Waals surface area contributed by atoms with Crippen molar-refractivity contribution in [2.75, 3.05) is 13.2 Å². The average Bonchev–Trinajstić information content (AvgIpc) is 3.55. The van der Waals surface area contributed by atoms with Crippen molar-refractivity contribution in [2.24, 2.45) is 0 Å². The van der Waals surface area contributed by atoms with Gasteiger partial charge in [0.1, 0.15) is 25.0 Å². The third-order valence-electron chi connectivity index (χ3n) is 5.98. The molecule has 3 N–H and O–H groups in total. The minimum atomic E-state index is -0.837. The summed E-state index contributed by atoms with van der Waals surface area (Å²) in [4.78, 5) is 55.8. The van der Waals surface area contributed by atoms with E-state index in [2.05, 4.69) is 11.9 Å². The number of carboxylic acids is 1. The molecule has 2 aromatic carbocycles. The van der Waals surface area contributed by atoms with Gasteiger partial charge in [-0.15, -0.1) is 0 Å². The van der Waals surface area contributed by atoms with Crippen LogP contribution in [-0.2, 0) is 23.9 Å². The summed E-state index contributed by atoms with van der Waals surface area (Å²) in [6.45, 7) is 5.44. The molecule has 2 heterocycles. The number of aliphatic hydroxyl groups excluding tert-OH is 1. The second kappa shape index (κ2) is 17.1. The quantitative estimate of drug-likeness (QED) is 0.325. The van der Waals surface area contributed by atoms with E-state index in [1.807, 2.05) is 60.7 Å². The Labute approximate surface area is 238 Å². The molecule has 11 nitrogen and oxygen atoms in total. The topological polar surface area (TPSA) is 160 Å². The van der Waals surface area contributed by atoms with Gasteiger partial charge in [0.25, 0.3) is 0 Å². The summed E-state index contributed by atoms with van der Waals surface area (Å²) in [5, 5.41) is 19.8. The van der Waals surface area contributed by atoms with Gasteiger partial charge in [0.2, 0.25) is 5.91 Å². The van der Waals surface area contributed by atoms with Crippen molar-refractivity contribution < 1.29 is 43.7 Å². The van der Waals surface area contributed by atoms with Gasteiger partial charge in [-0.2, -0.15) is 0 Å². The van der Waals surface area contributed by atoms with Crippen molar-refractivity contribution in [1.82, 2.24) is 10.2 Å². The lowest BCUT2D eigenvalue weighted by molar-refractivity contribution is -0.137. The molecule has 0 unspecified atom stereocenters. The average molecular weight is 569 g/mol. The summed E-state index contributed by atoms with van der Waals surface area (Å²) >= 11 is 0. The van der Waals surface area contributed by atoms with Gasteiger partial charge < -0.3 is 29.8 Å². The van der Waals surface area contributed by atoms with Gasteiger partial charge in [0, 0.05) is 25.7 Å². The number of benzene rings is 2. The van der Waals surface area contributed by atoms with E-state index in [9.17, 15) is 24.0 Å². The number of carboxylic acid groups (broad SMARTS) is 1. The van der Waals surface area contributed by atoms with E-state index in [0.29, 0.717) is 32.3 Å². The number of carbonyl (C=O) groups is 5. The zero-order valence-corrected chi connectivity index (χ0v) is 23.0. The monoisotopic (exact) mass is 568 g/mol. The fourth-order valence-electron chi connectivity index (χ4n) is 3.92. The number of hydrogen-bond acceptors (Lipinski definition) is 8. The molecule has 0 saturated carbocycles. The Hall–Kier alpha value is -4.67. The zero-order chi connectivity index (χ0) is 30.2. The molecule has 2 fully saturated rings. The number of carbonyl (C=O) groups excluding carboxylic acids is 4. The number of hydrogen-bond donors (Lipinski definition) is 3. The van der Waals surface area contributed by atoms with E-state index in [1.54, 1.807) is 0 Å². The Kier molecular flexibility index (Phi) is 13.6. The number of imide groups is 1. The Morgan fingerprint density at radius 3 is 1.95 bits per heavy atom. The van der Waals surface area contributed by atoms with Crippen LogP contribution in [0.4, 0.5) is 9.59 Å². The van der Waals surface area contributed by atoms with Crippen molar-refractivity contribution in [3.63, 3.8) is 0 Å². The van der Waals surface area contributed by atoms with Gasteiger partial charge in [-0.25, -0.2) is 14.5 Å². The minimum Gasteiger partial charge on any atom is -0.513 e. The normalized spacial score (nSPS) is 17.0. The number of rotatable bonds is 10. The number of nitrogens with one attached hydrogen (secondary N) is 1. The van der Waals surface area contributed by atoms with Crippen LogP contribution in [0.5, 0.6) is 0 Å². The number of Topliss-reactive ketones (excluding diaryl/α,β-unsaturated/α-hetero) is 1. The van der Waals surface area contributed by atoms with Crippen LogP contribution >= 0.6 is 0 Å². The number of alkyl carbamates (subject to hydrolysis) is 1. The van der Waals surface area contributed by atoms with Gasteiger partial charge in [0.05, 0.1) is 11.8 Å². The van der Waals surface area contributed by atoms with Crippen LogP contribution in [0.2, 0.25) is 0 Å². The van der Waals surface area contributed by atoms with Crippen LogP contribution < -0.4 is 5.32 Å². The summed E-state index contributed by atoms with van der Waals surface area (Å²) < 4.78 is 9.75. The highest BCUT2D eigenvalue weighted by Crippen LogP contribution is 2.28. The number of nitrogens with zero attached hydrogens (tertiary/aromatic N) is 1. The van der Waals surface area contributed by atoms with Gasteiger partial charge in [-0.3, -0.25) is 9.59 Å². The Morgan fingerprint density at radius 2 is 1.44 bits per heavy atom. The van der Waals surface area contributed by atoms with Gasteiger partial charge in [-0.05, 0) is 30.9 Å². The number of cyclic esters (lactones) is 2. The summed E-state index contributed by atoms with van der Waals surface area (Å²) in [5.74, 6) is -1.03. The van der Waals surface area contributed by atoms with Gasteiger partial charge in [-0.1, -0.05) is 67.2 Å². The maximum Gasteiger partial charge on any atom is 0.417 e. The van der Waals surface area contributed by atoms with E-state index in [0.717, 1.165) is 16.0 Å². The predicted molar refractivity (Wildman–Crippen MR) is 149 cm³/mol. The fourth-order valence-corrected chi connectivity index (χ4v) is 3.92. The van der Waals surface area contributed by atoms with Crippen LogP contribution in [0.3, 0.4) is 0 Å². The highest BCUT2D eigenvalue weighted by atomic mass is 16.6. The number of amides is 3. The molecule has 11 heteroatoms. The molecule has 2 aliphatic rings. The lowest BCUT2D eigenvalue weighted by Crippen LogP contribution is -2.34. The minimum absolute atomic E-state index is 0.0266. The number of ether oxygens (including phenoxy) is 2. The Morgan fingerprint density at radius 1 is 0.854 bits per heavy atom. The molecule has 0 bridgehead atoms. The van der Waals surface area contributed by atoms with Crippen molar-refractivity contribution in [3.05, 3.63) is 84.1 Å². The van der Waals surface area contributed by atoms with Crippen molar-refractivity contribution in [3.8, 4) is 0 Å². The standard InChI is InChI=1S/C15H17NO4.C9H9NO2.C6H10O3/c1-11(17)6-5-9-14(18)16-13(10-20-15(16)19)12-7-3-2-4-8-12;11-9-10-8(6-12-9)7-4-2-1-3-5-7;1-5(7)3-2-4-6(8)9/h2-4,7-8,13,17H,1,5-6,9-10H2;1-5,8H,6H2,(H,10,11);2-4H2,1H3,(H,8,9)/t13-;8-;/m00./s1. The first kappa shape index (κ1) is 32.5. The lowest BCUT2D eigenvalue weighted by atomic mass is 10.1. The Balaban J connectivity index is 0.000000238. The number of aliphatic hydroxyl groups is 1. The number of ketones is 1. The highest BCUT2D eigenvalue weighted by molar-refractivity contribution is 5.93. The molecule has 41 heavy (non-hydrogen) atoms. The van der Waals surface area contributed by atoms with E-state index in [-0.39, 0.29) is 55.1 Å². The number of allylic oxidation sites excluding steroid dienone is 1. The van der Waals surface area contributed by atoms with Gasteiger partial charge >= 0.3 is 18.2 Å². The first-order valence-corrected chi connectivity index (χ1v) is 13.2. The van der Waals surface area contributed by atoms with Crippen LogP contribution in [0.1, 0.15) is 68.7 Å². The van der Waals surface area contributed by atoms with Crippen LogP contribution in [-0.4, -0.2) is 58.2 Å². The van der Waals surface area contributed by atoms with E-state index in [4.69, 9.17) is 19.7 Å². The SMILES string of the molecule is C=C(O)CCCC(=O)N1C(=O)OC[C@H]1c1ccccc1.CC(=O)CCCC(=O)O.O=C1N[C@H](c2ccccc2)CO1. The highest BCUT2D eigenvalue weighted by Gasteiger charge is 2.38. The largest absolute Gasteiger partial charge is 0.513 e. The first-order chi connectivity index (χ1) is 19.6. The van der Waals surface area contributed by atoms with E-state index >= 15 is 0 Å². The fraction of sp³-hybridized carbons (Fsp3) is 0.367. The molecule has 0 aromatic heterocycles. The predicted octanol–water partition coefficient (Wildman–Crippen LogP) is 5.25. The summed E-state index contributed by atoms with van der Waals surface area (Å²) in [7, 11) is 0. The van der Waals surface area contributed by atoms with Crippen LogP contribution in [0, 0.1) is 0 Å². The first-order valence-electron chi connectivity index (χ1n) is 13.2. The smallest absolute Gasteiger partial charge is 0.417 e. The van der Waals surface area contributed by atoms with Gasteiger partial charge in [0.15, 0.2) is 0 Å². The molecule has 2 saturated heterocycles. The summed E-state index contributed by atoms with van der Waals surface area (Å²) in [5.41, 5.74) is 1.96. The molecule has 2 aromatic rings. The molecular weight excluding hydrogens is 532 g/mol. The second-order valence-corrected chi connectivity index (χ2v) is 9.34. The zero-order valence-electron chi connectivity index (χ0n) is 23.0. The van der Waals surface area contributed by atoms with Crippen molar-refractivity contribution >= 4 is 29.8 Å². The van der Waals surface area contributed by atoms with E-state index < -0.39 is 12.1 Å². The third kappa shape index (κ3) is 11.9. The number of aliphatic carboxylic acids is 1. The second-order valence-electron chi connectivity index (χ2n) is 9.34. The van der Waals surface area contributed by atoms with E-state index in [1.165, 1.54) is 6.92 Å². The lowest BCUT2D eigenvalue weighted by Gasteiger charge is -2.19. The molecule has 4 rings (SSSR count). The molecule has 0 aliphatic carbocycles. The molecule has 0 radical (unpaired) electrons.